The van der Waals surface area contributed by atoms with Gasteiger partial charge in [-0.15, -0.1) is 0 Å². The molecule has 0 aliphatic carbocycles. The largest absolute Gasteiger partial charge is 0.370 e. The highest BCUT2D eigenvalue weighted by molar-refractivity contribution is 5.88. The molecule has 17 heavy (non-hydrogen) atoms. The number of nitrogens with one attached hydrogen (secondary N) is 2. The Morgan fingerprint density at radius 3 is 2.94 bits per heavy atom. The lowest BCUT2D eigenvalue weighted by Gasteiger charge is -2.36. The Morgan fingerprint density at radius 1 is 1.53 bits per heavy atom. The molecule has 0 radical (unpaired) electrons. The fourth-order valence-corrected chi connectivity index (χ4v) is 2.28. The normalized spacial score (nSPS) is 24.3. The predicted molar refractivity (Wildman–Crippen MR) is 68.8 cm³/mol. The van der Waals surface area contributed by atoms with Gasteiger partial charge in [0.1, 0.15) is 5.54 Å². The first-order valence-electron chi connectivity index (χ1n) is 5.98. The van der Waals surface area contributed by atoms with Crippen LogP contribution >= 0.6 is 0 Å². The number of carbonyl (C=O) groups excluding carboxylic acids is 1. The van der Waals surface area contributed by atoms with E-state index in [-0.39, 0.29) is 5.91 Å². The van der Waals surface area contributed by atoms with E-state index in [0.717, 1.165) is 25.1 Å². The van der Waals surface area contributed by atoms with Crippen molar-refractivity contribution in [3.8, 4) is 0 Å². The lowest BCUT2D eigenvalue weighted by Crippen LogP contribution is -2.59. The van der Waals surface area contributed by atoms with Crippen molar-refractivity contribution in [3.05, 3.63) is 29.8 Å². The molecule has 1 aromatic rings. The standard InChI is InChI=1S/C13H19N3O/c1-10-4-2-5-11(8-10)16-13(12(14)17)6-3-7-15-9-13/h2,4-5,8,15-16H,3,6-7,9H2,1H3,(H2,14,17). The Morgan fingerprint density at radius 2 is 2.35 bits per heavy atom. The van der Waals surface area contributed by atoms with Gasteiger partial charge in [0.05, 0.1) is 0 Å². The van der Waals surface area contributed by atoms with E-state index in [1.54, 1.807) is 0 Å². The fourth-order valence-electron chi connectivity index (χ4n) is 2.28. The van der Waals surface area contributed by atoms with Gasteiger partial charge in [-0.25, -0.2) is 0 Å². The second kappa shape index (κ2) is 4.75. The maximum Gasteiger partial charge on any atom is 0.244 e. The minimum atomic E-state index is -0.647. The molecule has 1 fully saturated rings. The molecule has 92 valence electrons. The van der Waals surface area contributed by atoms with Crippen LogP contribution in [-0.2, 0) is 4.79 Å². The molecule has 0 bridgehead atoms. The molecule has 1 aliphatic rings. The molecule has 0 spiro atoms. The van der Waals surface area contributed by atoms with Gasteiger partial charge in [0.25, 0.3) is 0 Å². The summed E-state index contributed by atoms with van der Waals surface area (Å²) in [4.78, 5) is 11.7. The van der Waals surface area contributed by atoms with Gasteiger partial charge in [0, 0.05) is 12.2 Å². The molecule has 1 heterocycles. The Kier molecular flexibility index (Phi) is 3.33. The van der Waals surface area contributed by atoms with Gasteiger partial charge >= 0.3 is 0 Å². The molecule has 1 saturated heterocycles. The molecule has 1 unspecified atom stereocenters. The molecule has 0 saturated carbocycles. The van der Waals surface area contributed by atoms with Gasteiger partial charge in [-0.2, -0.15) is 0 Å². The minimum Gasteiger partial charge on any atom is -0.370 e. The van der Waals surface area contributed by atoms with Crippen LogP contribution in [0.15, 0.2) is 24.3 Å². The first kappa shape index (κ1) is 11.9. The van der Waals surface area contributed by atoms with Gasteiger partial charge in [-0.05, 0) is 44.0 Å². The van der Waals surface area contributed by atoms with Crippen molar-refractivity contribution in [2.75, 3.05) is 18.4 Å². The van der Waals surface area contributed by atoms with E-state index in [0.29, 0.717) is 6.54 Å². The van der Waals surface area contributed by atoms with Gasteiger partial charge in [-0.3, -0.25) is 4.79 Å². The van der Waals surface area contributed by atoms with Crippen molar-refractivity contribution in [2.45, 2.75) is 25.3 Å². The Balaban J connectivity index is 2.20. The predicted octanol–water partition coefficient (Wildman–Crippen LogP) is 1.01. The maximum absolute atomic E-state index is 11.7. The Bertz CT molecular complexity index is 411. The summed E-state index contributed by atoms with van der Waals surface area (Å²) in [6.07, 6.45) is 1.74. The van der Waals surface area contributed by atoms with Crippen molar-refractivity contribution in [1.29, 1.82) is 0 Å². The van der Waals surface area contributed by atoms with Crippen molar-refractivity contribution in [3.63, 3.8) is 0 Å². The van der Waals surface area contributed by atoms with Crippen LogP contribution in [0.2, 0.25) is 0 Å². The van der Waals surface area contributed by atoms with Crippen molar-refractivity contribution in [2.24, 2.45) is 5.73 Å². The molecule has 4 heteroatoms. The topological polar surface area (TPSA) is 67.1 Å². The van der Waals surface area contributed by atoms with E-state index in [4.69, 9.17) is 5.73 Å². The number of hydrogen-bond donors (Lipinski definition) is 3. The molecular formula is C13H19N3O. The van der Waals surface area contributed by atoms with Crippen molar-refractivity contribution >= 4 is 11.6 Å². The zero-order chi connectivity index (χ0) is 12.3. The number of carbonyl (C=O) groups is 1. The highest BCUT2D eigenvalue weighted by Gasteiger charge is 2.37. The Hall–Kier alpha value is -1.55. The smallest absolute Gasteiger partial charge is 0.244 e. The first-order valence-corrected chi connectivity index (χ1v) is 5.98. The van der Waals surface area contributed by atoms with Crippen molar-refractivity contribution < 1.29 is 4.79 Å². The lowest BCUT2D eigenvalue weighted by molar-refractivity contribution is -0.122. The SMILES string of the molecule is Cc1cccc(NC2(C(N)=O)CCCNC2)c1. The van der Waals surface area contributed by atoms with Crippen LogP contribution in [-0.4, -0.2) is 24.5 Å². The third-order valence-corrected chi connectivity index (χ3v) is 3.26. The number of rotatable bonds is 3. The summed E-state index contributed by atoms with van der Waals surface area (Å²) in [7, 11) is 0. The number of hydrogen-bond acceptors (Lipinski definition) is 3. The van der Waals surface area contributed by atoms with Crippen LogP contribution in [0.1, 0.15) is 18.4 Å². The summed E-state index contributed by atoms with van der Waals surface area (Å²) in [6, 6.07) is 8.00. The number of aryl methyl sites for hydroxylation is 1. The second-order valence-corrected chi connectivity index (χ2v) is 4.72. The molecule has 4 nitrogen and oxygen atoms in total. The molecule has 0 aromatic heterocycles. The number of primary amides is 1. The molecular weight excluding hydrogens is 214 g/mol. The molecule has 4 N–H and O–H groups in total. The minimum absolute atomic E-state index is 0.286. The van der Waals surface area contributed by atoms with E-state index in [1.165, 1.54) is 5.56 Å². The summed E-state index contributed by atoms with van der Waals surface area (Å²) in [5.41, 5.74) is 7.02. The summed E-state index contributed by atoms with van der Waals surface area (Å²) in [5.74, 6) is -0.286. The van der Waals surface area contributed by atoms with Crippen molar-refractivity contribution in [1.82, 2.24) is 5.32 Å². The molecule has 1 aromatic carbocycles. The summed E-state index contributed by atoms with van der Waals surface area (Å²) >= 11 is 0. The van der Waals surface area contributed by atoms with Crippen LogP contribution in [0.4, 0.5) is 5.69 Å². The van der Waals surface area contributed by atoms with Crippen LogP contribution in [0.25, 0.3) is 0 Å². The summed E-state index contributed by atoms with van der Waals surface area (Å²) in [6.45, 7) is 3.57. The molecule has 1 atom stereocenters. The summed E-state index contributed by atoms with van der Waals surface area (Å²) < 4.78 is 0. The van der Waals surface area contributed by atoms with Gasteiger partial charge < -0.3 is 16.4 Å². The number of amides is 1. The molecule has 2 rings (SSSR count). The van der Waals surface area contributed by atoms with Crippen LogP contribution < -0.4 is 16.4 Å². The average molecular weight is 233 g/mol. The van der Waals surface area contributed by atoms with E-state index in [1.807, 2.05) is 31.2 Å². The van der Waals surface area contributed by atoms with Gasteiger partial charge in [0.15, 0.2) is 0 Å². The van der Waals surface area contributed by atoms with Crippen LogP contribution in [0.3, 0.4) is 0 Å². The zero-order valence-corrected chi connectivity index (χ0v) is 10.1. The second-order valence-electron chi connectivity index (χ2n) is 4.72. The molecule has 1 aliphatic heterocycles. The third kappa shape index (κ3) is 2.58. The monoisotopic (exact) mass is 233 g/mol. The number of benzene rings is 1. The Labute approximate surface area is 102 Å². The van der Waals surface area contributed by atoms with E-state index < -0.39 is 5.54 Å². The van der Waals surface area contributed by atoms with Gasteiger partial charge in [-0.1, -0.05) is 12.1 Å². The number of anilines is 1. The van der Waals surface area contributed by atoms with E-state index in [2.05, 4.69) is 10.6 Å². The molecule has 1 amide bonds. The van der Waals surface area contributed by atoms with E-state index in [9.17, 15) is 4.79 Å². The number of piperidine rings is 1. The van der Waals surface area contributed by atoms with Crippen LogP contribution in [0.5, 0.6) is 0 Å². The van der Waals surface area contributed by atoms with Crippen LogP contribution in [0, 0.1) is 6.92 Å². The van der Waals surface area contributed by atoms with E-state index >= 15 is 0 Å². The fraction of sp³-hybridized carbons (Fsp3) is 0.462. The first-order chi connectivity index (χ1) is 8.12. The number of nitrogens with two attached hydrogens (primary N) is 1. The average Bonchev–Trinajstić information content (AvgIpc) is 2.30. The highest BCUT2D eigenvalue weighted by atomic mass is 16.1. The van der Waals surface area contributed by atoms with Gasteiger partial charge in [0.2, 0.25) is 5.91 Å². The maximum atomic E-state index is 11.7. The lowest BCUT2D eigenvalue weighted by atomic mass is 9.89. The summed E-state index contributed by atoms with van der Waals surface area (Å²) in [5, 5.41) is 6.53. The highest BCUT2D eigenvalue weighted by Crippen LogP contribution is 2.22. The third-order valence-electron chi connectivity index (χ3n) is 3.26. The zero-order valence-electron chi connectivity index (χ0n) is 10.1. The quantitative estimate of drug-likeness (QED) is 0.730.